The molecule has 0 fully saturated rings. The van der Waals surface area contributed by atoms with Crippen LogP contribution >= 0.6 is 0 Å². The van der Waals surface area contributed by atoms with Crippen LogP contribution in [0.25, 0.3) is 11.1 Å². The van der Waals surface area contributed by atoms with Crippen LogP contribution in [0.15, 0.2) is 62.5 Å². The second-order valence-electron chi connectivity index (χ2n) is 7.57. The number of hydrogen-bond acceptors (Lipinski definition) is 3. The van der Waals surface area contributed by atoms with Crippen LogP contribution in [0.5, 0.6) is 0 Å². The predicted molar refractivity (Wildman–Crippen MR) is 101 cm³/mol. The van der Waals surface area contributed by atoms with E-state index < -0.39 is 5.56 Å². The van der Waals surface area contributed by atoms with Crippen molar-refractivity contribution in [1.29, 1.82) is 0 Å². The SMILES string of the molecule is CC(C)(C)c1ccc2oc3c(=O)n(Cc4ccccc4)c(=O)c=3[nH]c2c1. The van der Waals surface area contributed by atoms with Gasteiger partial charge < -0.3 is 9.40 Å². The van der Waals surface area contributed by atoms with E-state index in [1.54, 1.807) is 0 Å². The van der Waals surface area contributed by atoms with E-state index >= 15 is 0 Å². The quantitative estimate of drug-likeness (QED) is 0.604. The van der Waals surface area contributed by atoms with E-state index in [0.717, 1.165) is 11.1 Å². The lowest BCUT2D eigenvalue weighted by Crippen LogP contribution is -2.27. The normalized spacial score (nSPS) is 12.1. The molecule has 2 aromatic rings. The predicted octanol–water partition coefficient (Wildman–Crippen LogP) is 3.35. The van der Waals surface area contributed by atoms with Crippen molar-refractivity contribution >= 4 is 11.1 Å². The van der Waals surface area contributed by atoms with Gasteiger partial charge in [-0.15, -0.1) is 0 Å². The minimum absolute atomic E-state index is 0.0276. The van der Waals surface area contributed by atoms with Crippen molar-refractivity contribution in [2.45, 2.75) is 32.7 Å². The van der Waals surface area contributed by atoms with Gasteiger partial charge in [-0.05, 0) is 28.7 Å². The third-order valence-corrected chi connectivity index (χ3v) is 4.63. The number of H-pyrrole nitrogens is 1. The lowest BCUT2D eigenvalue weighted by molar-refractivity contribution is 0.550. The molecule has 2 aromatic carbocycles. The summed E-state index contributed by atoms with van der Waals surface area (Å²) in [6.45, 7) is 6.58. The molecular weight excluding hydrogens is 328 g/mol. The molecule has 0 saturated heterocycles. The minimum atomic E-state index is -0.410. The summed E-state index contributed by atoms with van der Waals surface area (Å²) in [5.74, 6) is 0. The molecule has 0 spiro atoms. The zero-order chi connectivity index (χ0) is 18.5. The standard InChI is InChI=1S/C21H20N2O3/c1-21(2,3)14-9-10-16-15(11-14)22-17-18(26-16)20(25)23(19(17)24)12-13-7-5-4-6-8-13/h4-11,22H,12H2,1-3H3. The molecule has 0 atom stereocenters. The maximum atomic E-state index is 12.8. The van der Waals surface area contributed by atoms with Gasteiger partial charge in [0.15, 0.2) is 10.9 Å². The summed E-state index contributed by atoms with van der Waals surface area (Å²) in [6.07, 6.45) is 0. The Balaban J connectivity index is 1.94. The van der Waals surface area contributed by atoms with E-state index in [4.69, 9.17) is 4.42 Å². The number of nitrogens with zero attached hydrogens (tertiary/aromatic N) is 1. The monoisotopic (exact) mass is 348 g/mol. The van der Waals surface area contributed by atoms with Crippen LogP contribution in [0.4, 0.5) is 0 Å². The van der Waals surface area contributed by atoms with E-state index in [-0.39, 0.29) is 28.3 Å². The highest BCUT2D eigenvalue weighted by Crippen LogP contribution is 2.25. The maximum absolute atomic E-state index is 12.8. The average Bonchev–Trinajstić information content (AvgIpc) is 2.84. The second kappa shape index (κ2) is 5.73. The fourth-order valence-corrected chi connectivity index (χ4v) is 3.10. The highest BCUT2D eigenvalue weighted by molar-refractivity contribution is 5.72. The highest BCUT2D eigenvalue weighted by Gasteiger charge is 2.17. The van der Waals surface area contributed by atoms with Gasteiger partial charge in [-0.2, -0.15) is 0 Å². The number of rotatable bonds is 2. The van der Waals surface area contributed by atoms with Crippen LogP contribution < -0.4 is 11.1 Å². The molecule has 0 saturated carbocycles. The van der Waals surface area contributed by atoms with Gasteiger partial charge in [0.25, 0.3) is 11.1 Å². The number of fused-ring (bicyclic) bond motifs is 1. The van der Waals surface area contributed by atoms with Crippen molar-refractivity contribution in [2.24, 2.45) is 0 Å². The fraction of sp³-hybridized carbons (Fsp3) is 0.238. The molecule has 2 heterocycles. The molecule has 5 nitrogen and oxygen atoms in total. The largest absolute Gasteiger partial charge is 0.447 e. The third kappa shape index (κ3) is 2.65. The molecule has 1 N–H and O–H groups in total. The van der Waals surface area contributed by atoms with Crippen LogP contribution in [0.2, 0.25) is 0 Å². The zero-order valence-electron chi connectivity index (χ0n) is 15.0. The van der Waals surface area contributed by atoms with Gasteiger partial charge in [0, 0.05) is 0 Å². The summed E-state index contributed by atoms with van der Waals surface area (Å²) < 4.78 is 6.99. The van der Waals surface area contributed by atoms with Gasteiger partial charge in [0.1, 0.15) is 0 Å². The second-order valence-corrected chi connectivity index (χ2v) is 7.57. The fourth-order valence-electron chi connectivity index (χ4n) is 3.10. The first-order valence-corrected chi connectivity index (χ1v) is 8.58. The van der Waals surface area contributed by atoms with Crippen LogP contribution in [-0.2, 0) is 12.0 Å². The molecule has 2 aliphatic rings. The van der Waals surface area contributed by atoms with Crippen molar-refractivity contribution in [3.8, 4) is 0 Å². The van der Waals surface area contributed by atoms with Gasteiger partial charge in [-0.3, -0.25) is 14.2 Å². The Labute approximate surface area is 149 Å². The Hall–Kier alpha value is -3.08. The third-order valence-electron chi connectivity index (χ3n) is 4.63. The molecule has 0 amide bonds. The Morgan fingerprint density at radius 2 is 1.73 bits per heavy atom. The molecule has 0 aliphatic carbocycles. The number of nitrogens with one attached hydrogen (secondary N) is 1. The first-order chi connectivity index (χ1) is 12.3. The van der Waals surface area contributed by atoms with Gasteiger partial charge in [0.05, 0.1) is 12.1 Å². The molecule has 0 radical (unpaired) electrons. The molecular formula is C21H20N2O3. The van der Waals surface area contributed by atoms with Crippen LogP contribution in [0.3, 0.4) is 0 Å². The van der Waals surface area contributed by atoms with Crippen LogP contribution in [0.1, 0.15) is 31.9 Å². The Morgan fingerprint density at radius 1 is 1.00 bits per heavy atom. The van der Waals surface area contributed by atoms with E-state index in [1.165, 1.54) is 4.57 Å². The smallest absolute Gasteiger partial charge is 0.299 e. The van der Waals surface area contributed by atoms with Crippen molar-refractivity contribution < 1.29 is 4.42 Å². The molecule has 4 rings (SSSR count). The molecule has 2 aliphatic heterocycles. The topological polar surface area (TPSA) is 68.0 Å². The Bertz CT molecular complexity index is 1270. The lowest BCUT2D eigenvalue weighted by Gasteiger charge is -2.18. The average molecular weight is 348 g/mol. The lowest BCUT2D eigenvalue weighted by atomic mass is 9.87. The number of aromatic amines is 1. The first-order valence-electron chi connectivity index (χ1n) is 8.58. The summed E-state index contributed by atoms with van der Waals surface area (Å²) in [5.41, 5.74) is 2.55. The molecule has 0 unspecified atom stereocenters. The minimum Gasteiger partial charge on any atom is -0.447 e. The molecule has 5 heteroatoms. The Morgan fingerprint density at radius 3 is 2.42 bits per heavy atom. The van der Waals surface area contributed by atoms with E-state index in [1.807, 2.05) is 48.5 Å². The van der Waals surface area contributed by atoms with E-state index in [2.05, 4.69) is 25.8 Å². The van der Waals surface area contributed by atoms with Crippen molar-refractivity contribution in [2.75, 3.05) is 0 Å². The summed E-state index contributed by atoms with van der Waals surface area (Å²) in [4.78, 5) is 28.5. The number of aromatic nitrogens is 2. The van der Waals surface area contributed by atoms with Gasteiger partial charge in [0.2, 0.25) is 5.42 Å². The Kier molecular flexibility index (Phi) is 3.61. The van der Waals surface area contributed by atoms with Crippen molar-refractivity contribution in [1.82, 2.24) is 9.55 Å². The van der Waals surface area contributed by atoms with E-state index in [9.17, 15) is 9.59 Å². The van der Waals surface area contributed by atoms with Gasteiger partial charge in [-0.1, -0.05) is 57.2 Å². The first kappa shape index (κ1) is 16.4. The maximum Gasteiger partial charge on any atom is 0.299 e. The summed E-state index contributed by atoms with van der Waals surface area (Å²) in [6, 6.07) is 15.2. The van der Waals surface area contributed by atoms with Gasteiger partial charge in [-0.25, -0.2) is 0 Å². The molecule has 0 bridgehead atoms. The van der Waals surface area contributed by atoms with Crippen molar-refractivity contribution in [3.05, 3.63) is 91.1 Å². The van der Waals surface area contributed by atoms with Crippen LogP contribution in [0, 0.1) is 10.8 Å². The van der Waals surface area contributed by atoms with Gasteiger partial charge >= 0.3 is 0 Å². The highest BCUT2D eigenvalue weighted by atomic mass is 16.3. The summed E-state index contributed by atoms with van der Waals surface area (Å²) in [7, 11) is 0. The summed E-state index contributed by atoms with van der Waals surface area (Å²) >= 11 is 0. The van der Waals surface area contributed by atoms with Crippen molar-refractivity contribution in [3.63, 3.8) is 0 Å². The molecule has 0 aromatic heterocycles. The van der Waals surface area contributed by atoms with Crippen LogP contribution in [-0.4, -0.2) is 9.55 Å². The zero-order valence-corrected chi connectivity index (χ0v) is 15.0. The number of hydrogen-bond donors (Lipinski definition) is 1. The number of benzene rings is 2. The molecule has 26 heavy (non-hydrogen) atoms. The van der Waals surface area contributed by atoms with E-state index in [0.29, 0.717) is 11.1 Å². The molecule has 132 valence electrons. The summed E-state index contributed by atoms with van der Waals surface area (Å²) in [5, 5.41) is 0.212.